The van der Waals surface area contributed by atoms with Crippen molar-refractivity contribution in [2.75, 3.05) is 24.9 Å². The molecule has 1 amide bonds. The number of carbonyl (C=O) groups excluding carboxylic acids is 2. The minimum atomic E-state index is -0.689. The molecule has 32 heavy (non-hydrogen) atoms. The van der Waals surface area contributed by atoms with Crippen molar-refractivity contribution in [1.82, 2.24) is 14.8 Å². The number of fused-ring (bicyclic) bond motifs is 1. The fourth-order valence-corrected chi connectivity index (χ4v) is 3.74. The molecule has 0 spiro atoms. The van der Waals surface area contributed by atoms with Gasteiger partial charge in [-0.05, 0) is 36.8 Å². The molecule has 0 fully saturated rings. The number of hydrogen-bond donors (Lipinski definition) is 2. The average Bonchev–Trinajstić information content (AvgIpc) is 3.21. The summed E-state index contributed by atoms with van der Waals surface area (Å²) in [5.41, 5.74) is 2.15. The van der Waals surface area contributed by atoms with Gasteiger partial charge in [-0.3, -0.25) is 4.79 Å². The first kappa shape index (κ1) is 21.4. The number of nitrogens with one attached hydrogen (secondary N) is 2. The van der Waals surface area contributed by atoms with Crippen molar-refractivity contribution in [2.45, 2.75) is 13.0 Å². The lowest BCUT2D eigenvalue weighted by Gasteiger charge is -2.29. The number of rotatable bonds is 5. The van der Waals surface area contributed by atoms with Crippen LogP contribution < -0.4 is 15.4 Å². The number of amides is 1. The van der Waals surface area contributed by atoms with Crippen molar-refractivity contribution in [3.05, 3.63) is 76.2 Å². The Hall–Kier alpha value is -3.85. The van der Waals surface area contributed by atoms with Gasteiger partial charge in [-0.15, -0.1) is 5.10 Å². The summed E-state index contributed by atoms with van der Waals surface area (Å²) >= 11 is 6.23. The Bertz CT molecular complexity index is 1240. The van der Waals surface area contributed by atoms with E-state index in [1.807, 2.05) is 12.1 Å². The summed E-state index contributed by atoms with van der Waals surface area (Å²) < 4.78 is 11.6. The van der Waals surface area contributed by atoms with Gasteiger partial charge in [0.15, 0.2) is 0 Å². The first-order valence-corrected chi connectivity index (χ1v) is 10.0. The molecule has 2 heterocycles. The number of halogens is 1. The summed E-state index contributed by atoms with van der Waals surface area (Å²) in [4.78, 5) is 29.7. The molecule has 4 rings (SSSR count). The Morgan fingerprint density at radius 1 is 1.16 bits per heavy atom. The van der Waals surface area contributed by atoms with Crippen LogP contribution in [-0.4, -0.2) is 40.9 Å². The molecule has 0 bridgehead atoms. The Morgan fingerprint density at radius 2 is 1.94 bits per heavy atom. The van der Waals surface area contributed by atoms with E-state index in [9.17, 15) is 9.59 Å². The van der Waals surface area contributed by atoms with E-state index in [2.05, 4.69) is 20.7 Å². The van der Waals surface area contributed by atoms with Gasteiger partial charge < -0.3 is 20.1 Å². The minimum Gasteiger partial charge on any atom is -0.495 e. The second-order valence-electron chi connectivity index (χ2n) is 6.97. The predicted octanol–water partition coefficient (Wildman–Crippen LogP) is 3.65. The van der Waals surface area contributed by atoms with Crippen LogP contribution >= 0.6 is 11.6 Å². The fourth-order valence-electron chi connectivity index (χ4n) is 3.55. The van der Waals surface area contributed by atoms with Crippen molar-refractivity contribution in [2.24, 2.45) is 0 Å². The summed E-state index contributed by atoms with van der Waals surface area (Å²) in [5.74, 6) is -0.346. The van der Waals surface area contributed by atoms with E-state index in [0.29, 0.717) is 39.2 Å². The molecule has 2 N–H and O–H groups in total. The summed E-state index contributed by atoms with van der Waals surface area (Å²) in [7, 11) is 2.78. The minimum absolute atomic E-state index is 0.124. The number of aromatic nitrogens is 3. The highest BCUT2D eigenvalue weighted by Gasteiger charge is 2.35. The summed E-state index contributed by atoms with van der Waals surface area (Å²) in [6, 6.07) is 13.5. The van der Waals surface area contributed by atoms with Crippen LogP contribution in [0.3, 0.4) is 0 Å². The van der Waals surface area contributed by atoms with Gasteiger partial charge in [-0.2, -0.15) is 4.98 Å². The topological polar surface area (TPSA) is 107 Å². The van der Waals surface area contributed by atoms with Gasteiger partial charge in [-0.1, -0.05) is 35.9 Å². The van der Waals surface area contributed by atoms with Crippen LogP contribution in [0.5, 0.6) is 5.75 Å². The zero-order chi connectivity index (χ0) is 22.8. The average molecular weight is 454 g/mol. The molecule has 1 aliphatic heterocycles. The molecule has 2 aromatic carbocycles. The molecule has 0 saturated carbocycles. The van der Waals surface area contributed by atoms with Crippen molar-refractivity contribution in [3.63, 3.8) is 0 Å². The summed E-state index contributed by atoms with van der Waals surface area (Å²) in [6.45, 7) is 1.75. The third-order valence-electron chi connectivity index (χ3n) is 4.98. The molecular weight excluding hydrogens is 434 g/mol. The second kappa shape index (κ2) is 8.72. The third kappa shape index (κ3) is 3.90. The lowest BCUT2D eigenvalue weighted by molar-refractivity contribution is -0.113. The maximum Gasteiger partial charge on any atom is 0.378 e. The van der Waals surface area contributed by atoms with Crippen molar-refractivity contribution in [3.8, 4) is 5.75 Å². The van der Waals surface area contributed by atoms with E-state index >= 15 is 0 Å². The first-order valence-electron chi connectivity index (χ1n) is 9.65. The standard InChI is InChI=1S/C22H20ClN5O4/c1-12-17(20(29)25-15-9-4-5-10-16(15)31-2)18(13-7-6-8-14(23)11-13)28-22(24-12)26-19(27-28)21(30)32-3/h4-11,18H,1-3H3,(H,25,29)(H,24,26,27). The number of esters is 1. The highest BCUT2D eigenvalue weighted by molar-refractivity contribution is 6.30. The number of hydrogen-bond acceptors (Lipinski definition) is 7. The van der Waals surface area contributed by atoms with Crippen LogP contribution in [0.25, 0.3) is 0 Å². The van der Waals surface area contributed by atoms with Crippen LogP contribution in [0, 0.1) is 0 Å². The van der Waals surface area contributed by atoms with Crippen molar-refractivity contribution in [1.29, 1.82) is 0 Å². The fraction of sp³-hybridized carbons (Fsp3) is 0.182. The molecule has 1 unspecified atom stereocenters. The van der Waals surface area contributed by atoms with Crippen molar-refractivity contribution < 1.29 is 19.1 Å². The van der Waals surface area contributed by atoms with Gasteiger partial charge in [0.2, 0.25) is 5.95 Å². The highest BCUT2D eigenvalue weighted by Crippen LogP contribution is 2.37. The van der Waals surface area contributed by atoms with Crippen LogP contribution in [0.4, 0.5) is 11.6 Å². The smallest absolute Gasteiger partial charge is 0.378 e. The van der Waals surface area contributed by atoms with Crippen LogP contribution in [0.15, 0.2) is 59.8 Å². The molecular formula is C22H20ClN5O4. The Morgan fingerprint density at radius 3 is 2.66 bits per heavy atom. The summed E-state index contributed by atoms with van der Waals surface area (Å²) in [6.07, 6.45) is 0. The predicted molar refractivity (Wildman–Crippen MR) is 119 cm³/mol. The van der Waals surface area contributed by atoms with Crippen molar-refractivity contribution >= 4 is 35.1 Å². The first-order chi connectivity index (χ1) is 15.4. The van der Waals surface area contributed by atoms with Crippen LogP contribution in [-0.2, 0) is 9.53 Å². The number of carbonyl (C=O) groups is 2. The SMILES string of the molecule is COC(=O)c1nc2n(n1)C(c1cccc(Cl)c1)C(C(=O)Nc1ccccc1OC)=C(C)N2. The lowest BCUT2D eigenvalue weighted by atomic mass is 9.95. The van der Waals surface area contributed by atoms with Gasteiger partial charge in [-0.25, -0.2) is 9.48 Å². The van der Waals surface area contributed by atoms with E-state index in [4.69, 9.17) is 21.1 Å². The molecule has 164 valence electrons. The number of benzene rings is 2. The molecule has 0 saturated heterocycles. The van der Waals surface area contributed by atoms with E-state index in [1.165, 1.54) is 18.9 Å². The zero-order valence-electron chi connectivity index (χ0n) is 17.5. The quantitative estimate of drug-likeness (QED) is 0.567. The number of nitrogens with zero attached hydrogens (tertiary/aromatic N) is 3. The lowest BCUT2D eigenvalue weighted by Crippen LogP contribution is -2.31. The number of ether oxygens (including phenoxy) is 2. The van der Waals surface area contributed by atoms with E-state index < -0.39 is 12.0 Å². The second-order valence-corrected chi connectivity index (χ2v) is 7.41. The van der Waals surface area contributed by atoms with Crippen LogP contribution in [0.1, 0.15) is 29.1 Å². The number of anilines is 2. The molecule has 3 aromatic rings. The molecule has 1 aliphatic rings. The molecule has 1 atom stereocenters. The molecule has 9 nitrogen and oxygen atoms in total. The zero-order valence-corrected chi connectivity index (χ0v) is 18.3. The summed E-state index contributed by atoms with van der Waals surface area (Å²) in [5, 5.41) is 10.8. The highest BCUT2D eigenvalue weighted by atomic mass is 35.5. The largest absolute Gasteiger partial charge is 0.495 e. The normalized spacial score (nSPS) is 14.9. The maximum atomic E-state index is 13.5. The van der Waals surface area contributed by atoms with Gasteiger partial charge in [0, 0.05) is 10.7 Å². The van der Waals surface area contributed by atoms with E-state index in [1.54, 1.807) is 43.3 Å². The van der Waals surface area contributed by atoms with E-state index in [-0.39, 0.29) is 11.7 Å². The Labute approximate surface area is 189 Å². The van der Waals surface area contributed by atoms with Crippen LogP contribution in [0.2, 0.25) is 5.02 Å². The van der Waals surface area contributed by atoms with Gasteiger partial charge in [0.05, 0.1) is 25.5 Å². The Balaban J connectivity index is 1.81. The molecule has 0 radical (unpaired) electrons. The number of para-hydroxylation sites is 2. The Kier molecular flexibility index (Phi) is 5.83. The maximum absolute atomic E-state index is 13.5. The molecule has 0 aliphatic carbocycles. The molecule has 1 aromatic heterocycles. The van der Waals surface area contributed by atoms with E-state index in [0.717, 1.165) is 0 Å². The number of allylic oxidation sites excluding steroid dienone is 1. The van der Waals surface area contributed by atoms with Gasteiger partial charge in [0.1, 0.15) is 11.8 Å². The molecule has 10 heteroatoms. The third-order valence-corrected chi connectivity index (χ3v) is 5.22. The number of methoxy groups -OCH3 is 2. The van der Waals surface area contributed by atoms with Gasteiger partial charge in [0.25, 0.3) is 11.7 Å². The van der Waals surface area contributed by atoms with Gasteiger partial charge >= 0.3 is 5.97 Å². The monoisotopic (exact) mass is 453 g/mol.